The molecule has 2 saturated heterocycles. The summed E-state index contributed by atoms with van der Waals surface area (Å²) in [6.07, 6.45) is -0.746. The van der Waals surface area contributed by atoms with Crippen molar-refractivity contribution >= 4 is 89.0 Å². The van der Waals surface area contributed by atoms with E-state index < -0.39 is 82.2 Å². The minimum Gasteiger partial charge on any atom is -0.490 e. The van der Waals surface area contributed by atoms with E-state index in [2.05, 4.69) is 17.6 Å². The van der Waals surface area contributed by atoms with Crippen LogP contribution in [0.5, 0.6) is 11.5 Å². The van der Waals surface area contributed by atoms with E-state index in [9.17, 15) is 30.4 Å². The predicted octanol–water partition coefficient (Wildman–Crippen LogP) is 12.1. The molecule has 2 N–H and O–H groups in total. The highest BCUT2D eigenvalue weighted by atomic mass is 35.5. The third-order valence-corrected chi connectivity index (χ3v) is 20.8. The number of hydrogen-bond acceptors (Lipinski definition) is 13. The fourth-order valence-electron chi connectivity index (χ4n) is 10.3. The number of aromatic nitrogens is 1. The van der Waals surface area contributed by atoms with Gasteiger partial charge >= 0.3 is 0 Å². The number of nitrogen functional groups attached to an aromatic ring is 1. The lowest BCUT2D eigenvalue weighted by Gasteiger charge is -2.50. The Morgan fingerprint density at radius 2 is 1.15 bits per heavy atom. The van der Waals surface area contributed by atoms with E-state index in [-0.39, 0.29) is 79.8 Å². The Labute approximate surface area is 448 Å². The number of rotatable bonds is 8. The molecule has 11 nitrogen and oxygen atoms in total. The Morgan fingerprint density at radius 1 is 0.689 bits per heavy atom. The number of thiazole rings is 1. The zero-order valence-electron chi connectivity index (χ0n) is 40.2. The third-order valence-electron chi connectivity index (χ3n) is 13.7. The van der Waals surface area contributed by atoms with Gasteiger partial charge in [-0.15, -0.1) is 24.0 Å². The lowest BCUT2D eigenvalue weighted by Crippen LogP contribution is -2.58. The molecule has 4 aliphatic heterocycles. The molecule has 0 radical (unpaired) electrons. The van der Waals surface area contributed by atoms with Crippen LogP contribution >= 0.6 is 47.2 Å². The maximum atomic E-state index is 15.5. The molecule has 6 atom stereocenters. The molecule has 4 aliphatic rings. The van der Waals surface area contributed by atoms with Gasteiger partial charge in [0.15, 0.2) is 42.8 Å². The lowest BCUT2D eigenvalue weighted by molar-refractivity contribution is -0.117. The van der Waals surface area contributed by atoms with Gasteiger partial charge in [-0.1, -0.05) is 54.9 Å². The predicted molar refractivity (Wildman–Crippen MR) is 281 cm³/mol. The summed E-state index contributed by atoms with van der Waals surface area (Å²) in [6, 6.07) is 30.1. The molecule has 0 unspecified atom stereocenters. The smallest absolute Gasteiger partial charge is 0.189 e. The largest absolute Gasteiger partial charge is 0.490 e. The SMILES string of the molecule is C.Nc1ccccc1S.O=CC[C@@H]1OCC[C@@]2(S(=O)(=O)c3ccc(Cl)cc3)c3c(F)ccc(F)c3OC[C@@H]12.O=S(=O)(c1ccc(Cl)cc1)[C@@]12CCO[C@@H](Cc3nc4ccccc4s3)[C@@H]1COc1c(F)ccc(F)c12.[2H][2H]. The molecule has 11 rings (SSSR count). The number of nitrogens with two attached hydrogens (primary N) is 1. The number of carbonyl (C=O) groups is 1. The molecule has 0 saturated carbocycles. The quantitative estimate of drug-likeness (QED) is 0.0645. The fraction of sp³-hybridized carbons (Fsp3) is 0.283. The Bertz CT molecular complexity index is 3390. The van der Waals surface area contributed by atoms with Crippen molar-refractivity contribution in [3.63, 3.8) is 0 Å². The van der Waals surface area contributed by atoms with Gasteiger partial charge in [-0.3, -0.25) is 0 Å². The molecular formula is C53H50Cl2F4N2O9S4. The first-order valence-corrected chi connectivity index (χ1v) is 27.7. The van der Waals surface area contributed by atoms with Crippen LogP contribution in [-0.2, 0) is 49.9 Å². The van der Waals surface area contributed by atoms with E-state index in [4.69, 9.17) is 50.9 Å². The summed E-state index contributed by atoms with van der Waals surface area (Å²) >= 11 is 17.5. The monoisotopic (exact) mass is 1130 g/mol. The molecule has 2 fully saturated rings. The van der Waals surface area contributed by atoms with Crippen LogP contribution in [0.2, 0.25) is 10.0 Å². The zero-order chi connectivity index (χ0) is 53.9. The number of para-hydroxylation sites is 2. The summed E-state index contributed by atoms with van der Waals surface area (Å²) < 4.78 is 147. The number of thiol groups is 1. The minimum atomic E-state index is -4.25. The van der Waals surface area contributed by atoms with Gasteiger partial charge in [-0.25, -0.2) is 39.4 Å². The maximum absolute atomic E-state index is 15.5. The maximum Gasteiger partial charge on any atom is 0.189 e. The summed E-state index contributed by atoms with van der Waals surface area (Å²) in [4.78, 5) is 16.6. The highest BCUT2D eigenvalue weighted by molar-refractivity contribution is 7.92. The van der Waals surface area contributed by atoms with Crippen LogP contribution < -0.4 is 15.2 Å². The van der Waals surface area contributed by atoms with Crippen LogP contribution in [0.1, 0.15) is 45.8 Å². The fourth-order valence-corrected chi connectivity index (χ4v) is 16.4. The molecule has 7 aromatic rings. The molecule has 5 heterocycles. The van der Waals surface area contributed by atoms with Crippen LogP contribution in [0, 0.1) is 35.1 Å². The molecule has 0 bridgehead atoms. The summed E-state index contributed by atoms with van der Waals surface area (Å²) in [7, 11) is -8.49. The van der Waals surface area contributed by atoms with Crippen molar-refractivity contribution in [3.05, 3.63) is 171 Å². The minimum absolute atomic E-state index is 0. The third kappa shape index (κ3) is 9.78. The number of benzene rings is 6. The lowest BCUT2D eigenvalue weighted by atomic mass is 9.75. The van der Waals surface area contributed by atoms with Gasteiger partial charge in [0.05, 0.1) is 61.6 Å². The summed E-state index contributed by atoms with van der Waals surface area (Å²) in [6.45, 7) is -0.347. The number of anilines is 1. The Kier molecular flexibility index (Phi) is 16.0. The number of ether oxygens (including phenoxy) is 4. The van der Waals surface area contributed by atoms with E-state index in [1.165, 1.54) is 59.9 Å². The van der Waals surface area contributed by atoms with E-state index in [1.807, 2.05) is 48.5 Å². The average molecular weight is 1140 g/mol. The average Bonchev–Trinajstić information content (AvgIpc) is 3.95. The number of aldehydes is 1. The first kappa shape index (κ1) is 53.6. The Morgan fingerprint density at radius 3 is 1.62 bits per heavy atom. The van der Waals surface area contributed by atoms with Gasteiger partial charge in [0, 0.05) is 61.5 Å². The van der Waals surface area contributed by atoms with Crippen molar-refractivity contribution < 1.29 is 61.1 Å². The van der Waals surface area contributed by atoms with Crippen molar-refractivity contribution in [3.8, 4) is 11.5 Å². The molecule has 0 amide bonds. The first-order valence-electron chi connectivity index (χ1n) is 23.7. The number of halogens is 6. The topological polar surface area (TPSA) is 161 Å². The van der Waals surface area contributed by atoms with Gasteiger partial charge in [-0.05, 0) is 110 Å². The van der Waals surface area contributed by atoms with E-state index in [1.54, 1.807) is 0 Å². The van der Waals surface area contributed by atoms with Crippen LogP contribution in [0.25, 0.3) is 10.2 Å². The number of nitrogens with zero attached hydrogens (tertiary/aromatic N) is 1. The number of sulfone groups is 2. The zero-order valence-corrected chi connectivity index (χ0v) is 43.1. The van der Waals surface area contributed by atoms with Crippen LogP contribution in [0.15, 0.2) is 136 Å². The van der Waals surface area contributed by atoms with Crippen LogP contribution in [0.4, 0.5) is 23.2 Å². The summed E-state index contributed by atoms with van der Waals surface area (Å²) in [5.74, 6) is -5.82. The molecule has 392 valence electrons. The second-order valence-electron chi connectivity index (χ2n) is 17.6. The standard InChI is InChI=1S/C26H20ClF2NO4S2.C20H17ClF2O5S.C6H7NS.CH4.H2/c27-15-5-7-16(8-6-15)36(31,32)26-11-12-33-21(13-23-30-20-3-1-2-4-22(20)35-23)17(26)14-34-25-19(29)10-9-18(28)24(25)26;21-12-1-3-13(4-2-12)29(25,26)20-8-10-27-17(7-9-24)14(20)11-28-19-16(23)6-5-15(22)18(19)20;7-5-3-1-2-4-6(5)8;;/h1-10,17,21H,11-14H2;1-6,9,14,17H,7-8,10-11H2;1-4,8H,7H2;1H4;1H/t17-,21-,26-;14-,17-,20-;;;/m00.../s1/i;;;;1+1D. The van der Waals surface area contributed by atoms with Gasteiger partial charge < -0.3 is 29.5 Å². The van der Waals surface area contributed by atoms with Crippen molar-refractivity contribution in [2.45, 2.75) is 69.5 Å². The summed E-state index contributed by atoms with van der Waals surface area (Å²) in [5.41, 5.74) is 6.40. The van der Waals surface area contributed by atoms with Crippen LogP contribution in [-0.4, -0.2) is 66.7 Å². The summed E-state index contributed by atoms with van der Waals surface area (Å²) in [5, 5.41) is 1.48. The normalized spacial score (nSPS) is 22.9. The molecule has 0 spiro atoms. The highest BCUT2D eigenvalue weighted by Gasteiger charge is 2.63. The molecular weight excluding hydrogens is 1080 g/mol. The van der Waals surface area contributed by atoms with E-state index >= 15 is 8.78 Å². The van der Waals surface area contributed by atoms with Crippen molar-refractivity contribution in [1.29, 1.82) is 0 Å². The molecule has 6 aromatic carbocycles. The second-order valence-corrected chi connectivity index (χ2v) is 24.4. The van der Waals surface area contributed by atoms with Gasteiger partial charge in [-0.2, -0.15) is 0 Å². The molecule has 0 aliphatic carbocycles. The van der Waals surface area contributed by atoms with Crippen molar-refractivity contribution in [2.24, 2.45) is 11.8 Å². The Balaban J connectivity index is 0.000000188. The number of fused-ring (bicyclic) bond motifs is 7. The van der Waals surface area contributed by atoms with E-state index in [0.29, 0.717) is 22.8 Å². The van der Waals surface area contributed by atoms with E-state index in [0.717, 1.165) is 50.1 Å². The van der Waals surface area contributed by atoms with Crippen LogP contribution in [0.3, 0.4) is 0 Å². The molecule has 74 heavy (non-hydrogen) atoms. The second kappa shape index (κ2) is 22.1. The van der Waals surface area contributed by atoms with Gasteiger partial charge in [0.2, 0.25) is 0 Å². The molecule has 1 aromatic heterocycles. The Hall–Kier alpha value is -5.25. The number of carbonyl (C=O) groups excluding carboxylic acids is 1. The molecule has 21 heteroatoms. The number of hydrogen-bond donors (Lipinski definition) is 2. The van der Waals surface area contributed by atoms with Crippen molar-refractivity contribution in [2.75, 3.05) is 32.2 Å². The highest BCUT2D eigenvalue weighted by Crippen LogP contribution is 2.57. The van der Waals surface area contributed by atoms with Crippen molar-refractivity contribution in [1.82, 2.24) is 4.98 Å². The van der Waals surface area contributed by atoms with Gasteiger partial charge in [0.25, 0.3) is 0 Å². The first-order chi connectivity index (χ1) is 35.9. The van der Waals surface area contributed by atoms with Gasteiger partial charge in [0.1, 0.15) is 27.4 Å².